The molecule has 0 aromatic heterocycles. The van der Waals surface area contributed by atoms with E-state index in [9.17, 15) is 9.59 Å². The van der Waals surface area contributed by atoms with Crippen molar-refractivity contribution in [2.24, 2.45) is 5.10 Å². The van der Waals surface area contributed by atoms with Gasteiger partial charge >= 0.3 is 0 Å². The van der Waals surface area contributed by atoms with Gasteiger partial charge in [0, 0.05) is 18.5 Å². The summed E-state index contributed by atoms with van der Waals surface area (Å²) in [5.74, 6) is 0.791. The number of hydrazone groups is 1. The number of amides is 2. The summed E-state index contributed by atoms with van der Waals surface area (Å²) in [6, 6.07) is 11.1. The smallest absolute Gasteiger partial charge is 0.240 e. The topological polar surface area (TPSA) is 89.0 Å². The molecule has 1 heterocycles. The second-order valence-electron chi connectivity index (χ2n) is 6.27. The number of benzene rings is 2. The first-order valence-corrected chi connectivity index (χ1v) is 8.60. The van der Waals surface area contributed by atoms with E-state index in [4.69, 9.17) is 9.47 Å². The van der Waals surface area contributed by atoms with Crippen LogP contribution in [0.5, 0.6) is 11.5 Å². The minimum Gasteiger partial charge on any atom is -0.454 e. The van der Waals surface area contributed by atoms with Crippen LogP contribution in [-0.4, -0.2) is 24.8 Å². The monoisotopic (exact) mass is 367 g/mol. The van der Waals surface area contributed by atoms with Gasteiger partial charge in [-0.15, -0.1) is 0 Å². The number of ether oxygens (including phenoxy) is 2. The summed E-state index contributed by atoms with van der Waals surface area (Å²) in [6.07, 6.45) is 1.64. The molecule has 2 N–H and O–H groups in total. The van der Waals surface area contributed by atoms with Crippen LogP contribution in [0.2, 0.25) is 0 Å². The van der Waals surface area contributed by atoms with Crippen molar-refractivity contribution in [3.8, 4) is 11.5 Å². The van der Waals surface area contributed by atoms with E-state index >= 15 is 0 Å². The third kappa shape index (κ3) is 5.07. The van der Waals surface area contributed by atoms with Crippen LogP contribution in [0.25, 0.3) is 0 Å². The highest BCUT2D eigenvalue weighted by Gasteiger charge is 2.12. The Hall–Kier alpha value is -3.35. The summed E-state index contributed by atoms with van der Waals surface area (Å²) in [5.41, 5.74) is 6.06. The molecule has 2 aromatic carbocycles. The van der Waals surface area contributed by atoms with Crippen LogP contribution in [0.1, 0.15) is 29.5 Å². The normalized spacial score (nSPS) is 12.2. The first-order chi connectivity index (χ1) is 13.0. The highest BCUT2D eigenvalue weighted by Crippen LogP contribution is 2.31. The highest BCUT2D eigenvalue weighted by atomic mass is 16.7. The predicted molar refractivity (Wildman–Crippen MR) is 102 cm³/mol. The number of anilines is 1. The fourth-order valence-corrected chi connectivity index (χ4v) is 2.62. The van der Waals surface area contributed by atoms with Gasteiger partial charge in [-0.05, 0) is 49.2 Å². The van der Waals surface area contributed by atoms with Gasteiger partial charge in [-0.25, -0.2) is 5.43 Å². The van der Waals surface area contributed by atoms with Crippen molar-refractivity contribution in [3.63, 3.8) is 0 Å². The van der Waals surface area contributed by atoms with Crippen LogP contribution in [-0.2, 0) is 9.59 Å². The average Bonchev–Trinajstić information content (AvgIpc) is 3.10. The van der Waals surface area contributed by atoms with Crippen LogP contribution in [0.15, 0.2) is 41.5 Å². The Bertz CT molecular complexity index is 893. The van der Waals surface area contributed by atoms with E-state index in [1.165, 1.54) is 6.21 Å². The van der Waals surface area contributed by atoms with Crippen molar-refractivity contribution < 1.29 is 19.1 Å². The van der Waals surface area contributed by atoms with Gasteiger partial charge < -0.3 is 14.8 Å². The highest BCUT2D eigenvalue weighted by molar-refractivity contribution is 5.94. The van der Waals surface area contributed by atoms with Crippen LogP contribution in [0, 0.1) is 13.8 Å². The Kier molecular flexibility index (Phi) is 5.71. The molecule has 2 amide bonds. The number of hydrogen-bond acceptors (Lipinski definition) is 5. The molecule has 7 heteroatoms. The van der Waals surface area contributed by atoms with Crippen molar-refractivity contribution in [3.05, 3.63) is 53.1 Å². The number of hydrogen-bond donors (Lipinski definition) is 2. The number of rotatable bonds is 6. The maximum Gasteiger partial charge on any atom is 0.240 e. The number of nitrogens with zero attached hydrogens (tertiary/aromatic N) is 1. The lowest BCUT2D eigenvalue weighted by molar-refractivity contribution is -0.124. The van der Waals surface area contributed by atoms with E-state index in [0.29, 0.717) is 11.5 Å². The Morgan fingerprint density at radius 2 is 1.81 bits per heavy atom. The molecule has 0 saturated heterocycles. The molecule has 0 saturated carbocycles. The molecule has 0 fully saturated rings. The minimum atomic E-state index is -0.331. The molecular formula is C20H21N3O4. The first kappa shape index (κ1) is 18.4. The molecule has 0 spiro atoms. The number of fused-ring (bicyclic) bond motifs is 1. The lowest BCUT2D eigenvalue weighted by atomic mass is 10.1. The second kappa shape index (κ2) is 8.35. The van der Waals surface area contributed by atoms with Gasteiger partial charge in [0.2, 0.25) is 18.6 Å². The third-order valence-corrected chi connectivity index (χ3v) is 4.03. The second-order valence-corrected chi connectivity index (χ2v) is 6.27. The van der Waals surface area contributed by atoms with Gasteiger partial charge in [0.15, 0.2) is 11.5 Å². The largest absolute Gasteiger partial charge is 0.454 e. The van der Waals surface area contributed by atoms with Crippen LogP contribution in [0.3, 0.4) is 0 Å². The summed E-state index contributed by atoms with van der Waals surface area (Å²) < 4.78 is 10.5. The van der Waals surface area contributed by atoms with Crippen LogP contribution < -0.4 is 20.2 Å². The van der Waals surface area contributed by atoms with Crippen molar-refractivity contribution in [2.45, 2.75) is 26.7 Å². The van der Waals surface area contributed by atoms with Crippen LogP contribution in [0.4, 0.5) is 5.69 Å². The molecule has 3 rings (SSSR count). The standard InChI is InChI=1S/C20H21N3O4/c1-13-3-5-16(14(2)9-13)22-19(24)7-8-20(25)23-21-11-15-4-6-17-18(10-15)27-12-26-17/h3-6,9-11H,7-8,12H2,1-2H3,(H,22,24)(H,23,25)/b21-11+. The van der Waals surface area contributed by atoms with Crippen molar-refractivity contribution >= 4 is 23.7 Å². The van der Waals surface area contributed by atoms with E-state index in [1.54, 1.807) is 18.2 Å². The molecule has 0 radical (unpaired) electrons. The lowest BCUT2D eigenvalue weighted by Crippen LogP contribution is -2.20. The van der Waals surface area contributed by atoms with Crippen LogP contribution >= 0.6 is 0 Å². The molecule has 0 atom stereocenters. The summed E-state index contributed by atoms with van der Waals surface area (Å²) in [6.45, 7) is 4.13. The zero-order valence-corrected chi connectivity index (χ0v) is 15.2. The molecule has 0 bridgehead atoms. The predicted octanol–water partition coefficient (Wildman–Crippen LogP) is 2.90. The Morgan fingerprint density at radius 3 is 2.63 bits per heavy atom. The van der Waals surface area contributed by atoms with E-state index in [2.05, 4.69) is 15.8 Å². The first-order valence-electron chi connectivity index (χ1n) is 8.60. The maximum absolute atomic E-state index is 12.0. The van der Waals surface area contributed by atoms with Crippen molar-refractivity contribution in [1.82, 2.24) is 5.43 Å². The zero-order valence-electron chi connectivity index (χ0n) is 15.2. The molecule has 140 valence electrons. The number of aryl methyl sites for hydroxylation is 2. The maximum atomic E-state index is 12.0. The Balaban J connectivity index is 1.43. The molecule has 2 aromatic rings. The number of carbonyl (C=O) groups excluding carboxylic acids is 2. The molecule has 27 heavy (non-hydrogen) atoms. The molecule has 7 nitrogen and oxygen atoms in total. The van der Waals surface area contributed by atoms with Gasteiger partial charge in [0.05, 0.1) is 6.21 Å². The Labute approximate surface area is 157 Å². The van der Waals surface area contributed by atoms with Gasteiger partial charge in [-0.3, -0.25) is 9.59 Å². The lowest BCUT2D eigenvalue weighted by Gasteiger charge is -2.08. The third-order valence-electron chi connectivity index (χ3n) is 4.03. The molecule has 1 aliphatic heterocycles. The van der Waals surface area contributed by atoms with Crippen molar-refractivity contribution in [1.29, 1.82) is 0 Å². The number of carbonyl (C=O) groups is 2. The van der Waals surface area contributed by atoms with E-state index in [0.717, 1.165) is 22.4 Å². The molecule has 0 unspecified atom stereocenters. The summed E-state index contributed by atoms with van der Waals surface area (Å²) >= 11 is 0. The quantitative estimate of drug-likeness (QED) is 0.607. The minimum absolute atomic E-state index is 0.0508. The summed E-state index contributed by atoms with van der Waals surface area (Å²) in [5, 5.41) is 6.72. The van der Waals surface area contributed by atoms with Gasteiger partial charge in [-0.2, -0.15) is 5.10 Å². The van der Waals surface area contributed by atoms with E-state index in [1.807, 2.05) is 32.0 Å². The molecular weight excluding hydrogens is 346 g/mol. The average molecular weight is 367 g/mol. The Morgan fingerprint density at radius 1 is 1.04 bits per heavy atom. The molecule has 0 aliphatic carbocycles. The fraction of sp³-hybridized carbons (Fsp3) is 0.250. The van der Waals surface area contributed by atoms with Gasteiger partial charge in [0.25, 0.3) is 0 Å². The van der Waals surface area contributed by atoms with Gasteiger partial charge in [-0.1, -0.05) is 17.7 Å². The van der Waals surface area contributed by atoms with Crippen molar-refractivity contribution in [2.75, 3.05) is 12.1 Å². The SMILES string of the molecule is Cc1ccc(NC(=O)CCC(=O)N/N=C/c2ccc3c(c2)OCO3)c(C)c1. The molecule has 1 aliphatic rings. The van der Waals surface area contributed by atoms with E-state index in [-0.39, 0.29) is 31.4 Å². The summed E-state index contributed by atoms with van der Waals surface area (Å²) in [7, 11) is 0. The number of nitrogens with one attached hydrogen (secondary N) is 2. The van der Waals surface area contributed by atoms with Gasteiger partial charge in [0.1, 0.15) is 0 Å². The summed E-state index contributed by atoms with van der Waals surface area (Å²) in [4.78, 5) is 23.8. The van der Waals surface area contributed by atoms with E-state index < -0.39 is 0 Å². The fourth-order valence-electron chi connectivity index (χ4n) is 2.62. The zero-order chi connectivity index (χ0) is 19.2.